The Morgan fingerprint density at radius 1 is 1.05 bits per heavy atom. The van der Waals surface area contributed by atoms with Gasteiger partial charge in [0.1, 0.15) is 5.82 Å². The van der Waals surface area contributed by atoms with E-state index in [2.05, 4.69) is 9.88 Å². The maximum absolute atomic E-state index is 13.6. The minimum Gasteiger partial charge on any atom is -0.379 e. The number of imidazole rings is 1. The number of nitrogens with zero attached hydrogens (tertiary/aromatic N) is 4. The summed E-state index contributed by atoms with van der Waals surface area (Å²) in [4.78, 5) is 6.97. The Hall–Kier alpha value is -2.84. The Labute approximate surface area is 227 Å². The van der Waals surface area contributed by atoms with E-state index in [1.807, 2.05) is 16.0 Å². The molecule has 5 rings (SSSR count). The van der Waals surface area contributed by atoms with E-state index < -0.39 is 26.7 Å². The maximum Gasteiger partial charge on any atom is 0.416 e. The van der Waals surface area contributed by atoms with Gasteiger partial charge in [0.25, 0.3) is 0 Å². The molecular weight excluding hydrogens is 556 g/mol. The largest absolute Gasteiger partial charge is 0.416 e. The van der Waals surface area contributed by atoms with Crippen LogP contribution in [0.25, 0.3) is 16.2 Å². The van der Waals surface area contributed by atoms with Gasteiger partial charge in [-0.2, -0.15) is 17.5 Å². The van der Waals surface area contributed by atoms with Crippen LogP contribution in [0.3, 0.4) is 0 Å². The van der Waals surface area contributed by atoms with Crippen LogP contribution in [0, 0.1) is 5.82 Å². The third-order valence-corrected chi connectivity index (χ3v) is 9.39. The lowest BCUT2D eigenvalue weighted by Crippen LogP contribution is -2.43. The lowest BCUT2D eigenvalue weighted by Gasteiger charge is -2.29. The second-order valence-electron chi connectivity index (χ2n) is 9.15. The molecule has 0 unspecified atom stereocenters. The number of aromatic nitrogens is 2. The summed E-state index contributed by atoms with van der Waals surface area (Å²) in [5.74, 6) is -0.348. The van der Waals surface area contributed by atoms with E-state index in [0.29, 0.717) is 56.0 Å². The van der Waals surface area contributed by atoms with Crippen LogP contribution in [0.5, 0.6) is 0 Å². The molecule has 1 fully saturated rings. The van der Waals surface area contributed by atoms with Crippen LogP contribution in [-0.2, 0) is 27.4 Å². The summed E-state index contributed by atoms with van der Waals surface area (Å²) in [6.45, 7) is 3.03. The van der Waals surface area contributed by atoms with Gasteiger partial charge in [-0.05, 0) is 42.5 Å². The molecule has 0 amide bonds. The fraction of sp³-hybridized carbons (Fsp3) is 0.346. The van der Waals surface area contributed by atoms with Gasteiger partial charge in [-0.1, -0.05) is 6.07 Å². The third kappa shape index (κ3) is 6.33. The van der Waals surface area contributed by atoms with Crippen molar-refractivity contribution in [3.05, 3.63) is 77.2 Å². The molecule has 0 N–H and O–H groups in total. The molecule has 3 heterocycles. The number of sulfonamides is 1. The molecule has 2 aromatic heterocycles. The summed E-state index contributed by atoms with van der Waals surface area (Å²) in [5, 5.41) is 1.88. The van der Waals surface area contributed by atoms with Crippen molar-refractivity contribution in [2.75, 3.05) is 45.9 Å². The first-order valence-electron chi connectivity index (χ1n) is 12.3. The predicted molar refractivity (Wildman–Crippen MR) is 140 cm³/mol. The van der Waals surface area contributed by atoms with E-state index in [1.165, 1.54) is 33.8 Å². The van der Waals surface area contributed by atoms with Crippen molar-refractivity contribution in [3.63, 3.8) is 0 Å². The van der Waals surface area contributed by atoms with Gasteiger partial charge < -0.3 is 4.74 Å². The topological polar surface area (TPSA) is 67.2 Å². The summed E-state index contributed by atoms with van der Waals surface area (Å²) in [7, 11) is -4.21. The van der Waals surface area contributed by atoms with Gasteiger partial charge in [-0.15, -0.1) is 11.3 Å². The third-order valence-electron chi connectivity index (χ3n) is 6.61. The maximum atomic E-state index is 13.6. The van der Waals surface area contributed by atoms with Gasteiger partial charge in [0, 0.05) is 62.0 Å². The van der Waals surface area contributed by atoms with Crippen molar-refractivity contribution in [3.8, 4) is 11.3 Å². The van der Waals surface area contributed by atoms with Crippen molar-refractivity contribution >= 4 is 26.3 Å². The van der Waals surface area contributed by atoms with Crippen molar-refractivity contribution in [1.82, 2.24) is 18.6 Å². The summed E-state index contributed by atoms with van der Waals surface area (Å²) in [5.41, 5.74) is 1.20. The first kappa shape index (κ1) is 27.7. The molecule has 0 radical (unpaired) electrons. The highest BCUT2D eigenvalue weighted by molar-refractivity contribution is 7.89. The lowest BCUT2D eigenvalue weighted by atomic mass is 10.2. The fourth-order valence-electron chi connectivity index (χ4n) is 4.42. The average Bonchev–Trinajstić information content (AvgIpc) is 3.51. The van der Waals surface area contributed by atoms with Crippen molar-refractivity contribution in [2.45, 2.75) is 17.5 Å². The van der Waals surface area contributed by atoms with Crippen LogP contribution in [0.2, 0.25) is 0 Å². The molecule has 1 aliphatic rings. The van der Waals surface area contributed by atoms with Crippen LogP contribution >= 0.6 is 11.3 Å². The van der Waals surface area contributed by atoms with Crippen molar-refractivity contribution in [2.24, 2.45) is 0 Å². The molecule has 39 heavy (non-hydrogen) atoms. The number of morpholine rings is 1. The number of rotatable bonds is 9. The molecule has 2 aromatic carbocycles. The number of ether oxygens (including phenoxy) is 1. The van der Waals surface area contributed by atoms with Gasteiger partial charge in [-0.25, -0.2) is 17.8 Å². The average molecular weight is 583 g/mol. The number of fused-ring (bicyclic) bond motifs is 1. The van der Waals surface area contributed by atoms with Crippen LogP contribution in [0.1, 0.15) is 11.3 Å². The molecule has 1 aliphatic heterocycles. The van der Waals surface area contributed by atoms with E-state index in [0.717, 1.165) is 23.4 Å². The van der Waals surface area contributed by atoms with E-state index in [1.54, 1.807) is 12.1 Å². The van der Waals surface area contributed by atoms with E-state index in [9.17, 15) is 26.0 Å². The Balaban J connectivity index is 1.39. The predicted octanol–water partition coefficient (Wildman–Crippen LogP) is 4.79. The van der Waals surface area contributed by atoms with Gasteiger partial charge >= 0.3 is 6.18 Å². The first-order chi connectivity index (χ1) is 18.6. The quantitative estimate of drug-likeness (QED) is 0.266. The Morgan fingerprint density at radius 3 is 2.51 bits per heavy atom. The Kier molecular flexibility index (Phi) is 8.06. The Morgan fingerprint density at radius 2 is 1.79 bits per heavy atom. The minimum absolute atomic E-state index is 0.0683. The summed E-state index contributed by atoms with van der Waals surface area (Å²) < 4.78 is 88.9. The Bertz CT molecular complexity index is 1530. The number of hydrogen-bond acceptors (Lipinski definition) is 6. The standard InChI is InChI=1S/C26H26F4N4O3S2/c27-21-6-4-19(5-7-21)24-17-34-22(18-38-25(34)31-24)8-9-33(11-10-32-12-14-37-15-13-32)39(35,36)23-3-1-2-20(16-23)26(28,29)30/h1-7,16-18H,8-15H2. The molecule has 0 bridgehead atoms. The van der Waals surface area contributed by atoms with Crippen LogP contribution in [-0.4, -0.2) is 72.9 Å². The first-order valence-corrected chi connectivity index (χ1v) is 14.6. The summed E-state index contributed by atoms with van der Waals surface area (Å²) in [6, 6.07) is 9.83. The number of halogens is 4. The molecule has 4 aromatic rings. The van der Waals surface area contributed by atoms with E-state index in [-0.39, 0.29) is 18.9 Å². The van der Waals surface area contributed by atoms with Crippen molar-refractivity contribution in [1.29, 1.82) is 0 Å². The molecule has 13 heteroatoms. The SMILES string of the molecule is O=S(=O)(c1cccc(C(F)(F)F)c1)N(CCc1csc2nc(-c3ccc(F)cc3)cn12)CCN1CCOCC1. The highest BCUT2D eigenvalue weighted by Gasteiger charge is 2.33. The molecule has 7 nitrogen and oxygen atoms in total. The molecule has 208 valence electrons. The van der Waals surface area contributed by atoms with Crippen LogP contribution in [0.4, 0.5) is 17.6 Å². The zero-order valence-electron chi connectivity index (χ0n) is 20.8. The summed E-state index contributed by atoms with van der Waals surface area (Å²) >= 11 is 1.39. The van der Waals surface area contributed by atoms with Crippen molar-refractivity contribution < 1.29 is 30.7 Å². The molecule has 1 saturated heterocycles. The van der Waals surface area contributed by atoms with Gasteiger partial charge in [0.05, 0.1) is 29.4 Å². The summed E-state index contributed by atoms with van der Waals surface area (Å²) in [6.07, 6.45) is -2.52. The fourth-order valence-corrected chi connectivity index (χ4v) is 6.81. The van der Waals surface area contributed by atoms with Crippen LogP contribution < -0.4 is 0 Å². The number of alkyl halides is 3. The molecule has 0 spiro atoms. The molecule has 0 saturated carbocycles. The van der Waals surface area contributed by atoms with Crippen LogP contribution in [0.15, 0.2) is 65.0 Å². The van der Waals surface area contributed by atoms with Gasteiger partial charge in [0.2, 0.25) is 10.0 Å². The minimum atomic E-state index is -4.66. The molecular formula is C26H26F4N4O3S2. The normalized spacial score (nSPS) is 15.4. The lowest BCUT2D eigenvalue weighted by molar-refractivity contribution is -0.137. The number of benzene rings is 2. The number of hydrogen-bond donors (Lipinski definition) is 0. The van der Waals surface area contributed by atoms with Gasteiger partial charge in [-0.3, -0.25) is 9.30 Å². The van der Waals surface area contributed by atoms with E-state index >= 15 is 0 Å². The zero-order chi connectivity index (χ0) is 27.6. The van der Waals surface area contributed by atoms with E-state index in [4.69, 9.17) is 4.74 Å². The van der Waals surface area contributed by atoms with Gasteiger partial charge in [0.15, 0.2) is 4.96 Å². The second-order valence-corrected chi connectivity index (χ2v) is 11.9. The highest BCUT2D eigenvalue weighted by Crippen LogP contribution is 2.31. The zero-order valence-corrected chi connectivity index (χ0v) is 22.4. The highest BCUT2D eigenvalue weighted by atomic mass is 32.2. The molecule has 0 atom stereocenters. The number of thiazole rings is 1. The molecule has 0 aliphatic carbocycles. The second kappa shape index (κ2) is 11.3. The monoisotopic (exact) mass is 582 g/mol. The smallest absolute Gasteiger partial charge is 0.379 e.